The number of halogens is 1. The second-order valence-corrected chi connectivity index (χ2v) is 5.29. The molecule has 0 radical (unpaired) electrons. The van der Waals surface area contributed by atoms with Crippen LogP contribution in [0, 0.1) is 0 Å². The lowest BCUT2D eigenvalue weighted by Gasteiger charge is -2.09. The Morgan fingerprint density at radius 3 is 2.33 bits per heavy atom. The van der Waals surface area contributed by atoms with Gasteiger partial charge in [-0.25, -0.2) is 0 Å². The predicted molar refractivity (Wildman–Crippen MR) is 85.6 cm³/mol. The Bertz CT molecular complexity index is 560. The van der Waals surface area contributed by atoms with E-state index < -0.39 is 7.12 Å². The quantitative estimate of drug-likeness (QED) is 0.589. The molecule has 0 atom stereocenters. The van der Waals surface area contributed by atoms with Crippen LogP contribution in [0.15, 0.2) is 53.0 Å². The van der Waals surface area contributed by atoms with Gasteiger partial charge in [0.2, 0.25) is 0 Å². The molecule has 0 aliphatic rings. The molecule has 0 aromatic heterocycles. The minimum Gasteiger partial charge on any atom is -0.491 e. The Labute approximate surface area is 132 Å². The fourth-order valence-corrected chi connectivity index (χ4v) is 2.15. The maximum absolute atomic E-state index is 8.98. The van der Waals surface area contributed by atoms with Crippen LogP contribution in [0.1, 0.15) is 5.56 Å². The molecule has 0 bridgehead atoms. The number of ether oxygens (including phenoxy) is 2. The van der Waals surface area contributed by atoms with Crippen molar-refractivity contribution in [3.05, 3.63) is 58.6 Å². The van der Waals surface area contributed by atoms with Crippen molar-refractivity contribution in [3.8, 4) is 5.75 Å². The summed E-state index contributed by atoms with van der Waals surface area (Å²) < 4.78 is 12.1. The van der Waals surface area contributed by atoms with E-state index in [1.165, 1.54) is 0 Å². The summed E-state index contributed by atoms with van der Waals surface area (Å²) >= 11 is 3.47. The van der Waals surface area contributed by atoms with Crippen molar-refractivity contribution in [1.82, 2.24) is 0 Å². The lowest BCUT2D eigenvalue weighted by Crippen LogP contribution is -2.29. The largest absolute Gasteiger partial charge is 0.491 e. The van der Waals surface area contributed by atoms with E-state index in [0.29, 0.717) is 31.0 Å². The number of benzene rings is 2. The minimum atomic E-state index is -1.45. The van der Waals surface area contributed by atoms with E-state index in [2.05, 4.69) is 15.9 Å². The predicted octanol–water partition coefficient (Wildman–Crippen LogP) is 1.72. The summed E-state index contributed by atoms with van der Waals surface area (Å²) in [6.45, 7) is 1.44. The van der Waals surface area contributed by atoms with Crippen LogP contribution in [-0.2, 0) is 11.3 Å². The molecule has 0 heterocycles. The summed E-state index contributed by atoms with van der Waals surface area (Å²) in [4.78, 5) is 0. The molecule has 6 heteroatoms. The fraction of sp³-hybridized carbons (Fsp3) is 0.200. The molecule has 4 nitrogen and oxygen atoms in total. The minimum absolute atomic E-state index is 0.436. The smallest absolute Gasteiger partial charge is 0.488 e. The monoisotopic (exact) mass is 350 g/mol. The summed E-state index contributed by atoms with van der Waals surface area (Å²) in [6.07, 6.45) is 0. The molecular weight excluding hydrogens is 335 g/mol. The summed E-state index contributed by atoms with van der Waals surface area (Å²) in [6, 6.07) is 14.5. The molecule has 0 fully saturated rings. The van der Waals surface area contributed by atoms with Gasteiger partial charge in [-0.05, 0) is 29.2 Å². The van der Waals surface area contributed by atoms with Crippen LogP contribution in [0.4, 0.5) is 0 Å². The van der Waals surface area contributed by atoms with Gasteiger partial charge >= 0.3 is 7.12 Å². The average Bonchev–Trinajstić information content (AvgIpc) is 2.49. The number of hydrogen-bond donors (Lipinski definition) is 2. The lowest BCUT2D eigenvalue weighted by molar-refractivity contribution is 0.0886. The molecule has 0 amide bonds. The topological polar surface area (TPSA) is 58.9 Å². The van der Waals surface area contributed by atoms with Gasteiger partial charge in [0, 0.05) is 4.47 Å². The highest BCUT2D eigenvalue weighted by Crippen LogP contribution is 2.16. The molecule has 2 aromatic rings. The first-order valence-corrected chi connectivity index (χ1v) is 7.36. The van der Waals surface area contributed by atoms with Gasteiger partial charge < -0.3 is 19.5 Å². The van der Waals surface area contributed by atoms with E-state index in [-0.39, 0.29) is 0 Å². The van der Waals surface area contributed by atoms with Crippen LogP contribution >= 0.6 is 15.9 Å². The molecular formula is C15H16BBrO4. The Morgan fingerprint density at radius 1 is 0.952 bits per heavy atom. The highest BCUT2D eigenvalue weighted by atomic mass is 79.9. The molecule has 0 aliphatic carbocycles. The van der Waals surface area contributed by atoms with Crippen molar-refractivity contribution in [3.63, 3.8) is 0 Å². The molecule has 2 N–H and O–H groups in total. The fourth-order valence-electron chi connectivity index (χ4n) is 1.75. The molecule has 2 rings (SSSR count). The Kier molecular flexibility index (Phi) is 6.26. The zero-order valence-corrected chi connectivity index (χ0v) is 13.0. The molecule has 0 saturated carbocycles. The van der Waals surface area contributed by atoms with E-state index in [9.17, 15) is 0 Å². The average molecular weight is 351 g/mol. The normalized spacial score (nSPS) is 10.4. The first kappa shape index (κ1) is 16.0. The molecule has 0 unspecified atom stereocenters. The summed E-state index contributed by atoms with van der Waals surface area (Å²) in [5.41, 5.74) is 1.53. The van der Waals surface area contributed by atoms with Gasteiger partial charge in [0.1, 0.15) is 12.4 Å². The van der Waals surface area contributed by atoms with E-state index >= 15 is 0 Å². The summed E-state index contributed by atoms with van der Waals surface area (Å²) in [5.74, 6) is 0.670. The van der Waals surface area contributed by atoms with Crippen LogP contribution in [-0.4, -0.2) is 30.4 Å². The Morgan fingerprint density at radius 2 is 1.67 bits per heavy atom. The second kappa shape index (κ2) is 8.19. The number of hydrogen-bond acceptors (Lipinski definition) is 4. The first-order valence-electron chi connectivity index (χ1n) is 6.57. The molecule has 0 aliphatic heterocycles. The second-order valence-electron chi connectivity index (χ2n) is 4.44. The van der Waals surface area contributed by atoms with Crippen LogP contribution in [0.5, 0.6) is 5.75 Å². The van der Waals surface area contributed by atoms with Crippen molar-refractivity contribution < 1.29 is 19.5 Å². The van der Waals surface area contributed by atoms with Crippen LogP contribution < -0.4 is 10.2 Å². The SMILES string of the molecule is OB(O)c1ccc(OCCOCc2ccccc2Br)cc1. The maximum Gasteiger partial charge on any atom is 0.488 e. The van der Waals surface area contributed by atoms with Gasteiger partial charge in [0.05, 0.1) is 13.2 Å². The molecule has 21 heavy (non-hydrogen) atoms. The molecule has 0 spiro atoms. The third-order valence-corrected chi connectivity index (χ3v) is 3.66. The highest BCUT2D eigenvalue weighted by Gasteiger charge is 2.09. The van der Waals surface area contributed by atoms with Crippen molar-refractivity contribution in [2.75, 3.05) is 13.2 Å². The van der Waals surface area contributed by atoms with Gasteiger partial charge in [-0.1, -0.05) is 46.3 Å². The highest BCUT2D eigenvalue weighted by molar-refractivity contribution is 9.10. The third kappa shape index (κ3) is 5.17. The standard InChI is InChI=1S/C15H16BBrO4/c17-15-4-2-1-3-12(15)11-20-9-10-21-14-7-5-13(6-8-14)16(18)19/h1-8,18-19H,9-11H2. The maximum atomic E-state index is 8.98. The number of rotatable bonds is 7. The van der Waals surface area contributed by atoms with Crippen molar-refractivity contribution in [2.24, 2.45) is 0 Å². The van der Waals surface area contributed by atoms with Crippen molar-refractivity contribution >= 4 is 28.5 Å². The van der Waals surface area contributed by atoms with Gasteiger partial charge in [-0.2, -0.15) is 0 Å². The zero-order chi connectivity index (χ0) is 15.1. The van der Waals surface area contributed by atoms with Gasteiger partial charge in [-0.15, -0.1) is 0 Å². The summed E-state index contributed by atoms with van der Waals surface area (Å²) in [7, 11) is -1.45. The van der Waals surface area contributed by atoms with Crippen LogP contribution in [0.2, 0.25) is 0 Å². The van der Waals surface area contributed by atoms with Crippen molar-refractivity contribution in [1.29, 1.82) is 0 Å². The first-order chi connectivity index (χ1) is 10.2. The van der Waals surface area contributed by atoms with Gasteiger partial charge in [0.25, 0.3) is 0 Å². The third-order valence-electron chi connectivity index (χ3n) is 2.89. The van der Waals surface area contributed by atoms with Gasteiger partial charge in [0.15, 0.2) is 0 Å². The van der Waals surface area contributed by atoms with Gasteiger partial charge in [-0.3, -0.25) is 0 Å². The summed E-state index contributed by atoms with van der Waals surface area (Å²) in [5, 5.41) is 18.0. The van der Waals surface area contributed by atoms with E-state index in [1.54, 1.807) is 24.3 Å². The van der Waals surface area contributed by atoms with Crippen molar-refractivity contribution in [2.45, 2.75) is 6.61 Å². The molecule has 0 saturated heterocycles. The van der Waals surface area contributed by atoms with Crippen LogP contribution in [0.25, 0.3) is 0 Å². The molecule has 2 aromatic carbocycles. The van der Waals surface area contributed by atoms with E-state index in [1.807, 2.05) is 24.3 Å². The van der Waals surface area contributed by atoms with Crippen LogP contribution in [0.3, 0.4) is 0 Å². The lowest BCUT2D eigenvalue weighted by atomic mass is 9.80. The van der Waals surface area contributed by atoms with E-state index in [0.717, 1.165) is 10.0 Å². The molecule has 110 valence electrons. The Balaban J connectivity index is 1.69. The van der Waals surface area contributed by atoms with E-state index in [4.69, 9.17) is 19.5 Å². The Hall–Kier alpha value is -1.34. The zero-order valence-electron chi connectivity index (χ0n) is 11.4.